The van der Waals surface area contributed by atoms with E-state index >= 15 is 0 Å². The average Bonchev–Trinajstić information content (AvgIpc) is 2.33. The number of carbonyl (C=O) groups excluding carboxylic acids is 1. The number of hydrogen-bond acceptors (Lipinski definition) is 3. The topological polar surface area (TPSA) is 55.1 Å². The van der Waals surface area contributed by atoms with Gasteiger partial charge >= 0.3 is 0 Å². The molecule has 1 amide bonds. The van der Waals surface area contributed by atoms with Crippen molar-refractivity contribution in [3.63, 3.8) is 0 Å². The molecular weight excluding hydrogens is 291 g/mol. The number of halogens is 2. The lowest BCUT2D eigenvalue weighted by molar-refractivity contribution is -0.113. The normalized spacial score (nSPS) is 12.2. The van der Waals surface area contributed by atoms with Crippen LogP contribution in [-0.4, -0.2) is 24.0 Å². The molecule has 0 aliphatic rings. The summed E-state index contributed by atoms with van der Waals surface area (Å²) < 4.78 is 0. The number of rotatable bonds is 6. The van der Waals surface area contributed by atoms with E-state index in [4.69, 9.17) is 28.9 Å². The van der Waals surface area contributed by atoms with Crippen LogP contribution in [0.2, 0.25) is 10.0 Å². The number of anilines is 1. The standard InChI is InChI=1S/C12H16Cl2N2OS/c1-8(5-15)6-18-7-12(17)16-9-2-3-10(13)11(14)4-9/h2-4,8H,5-7,15H2,1H3,(H,16,17). The first kappa shape index (κ1) is 15.6. The fourth-order valence-corrected chi connectivity index (χ4v) is 2.40. The highest BCUT2D eigenvalue weighted by Crippen LogP contribution is 2.25. The zero-order valence-electron chi connectivity index (χ0n) is 10.1. The van der Waals surface area contributed by atoms with Gasteiger partial charge in [-0.15, -0.1) is 0 Å². The zero-order valence-corrected chi connectivity index (χ0v) is 12.4. The van der Waals surface area contributed by atoms with Crippen molar-refractivity contribution < 1.29 is 4.79 Å². The molecule has 0 aliphatic carbocycles. The molecule has 0 heterocycles. The quantitative estimate of drug-likeness (QED) is 0.848. The van der Waals surface area contributed by atoms with Gasteiger partial charge in [0, 0.05) is 5.69 Å². The Morgan fingerprint density at radius 2 is 2.17 bits per heavy atom. The average molecular weight is 307 g/mol. The maximum Gasteiger partial charge on any atom is 0.234 e. The Hall–Kier alpha value is -0.420. The predicted octanol–water partition coefficient (Wildman–Crippen LogP) is 3.26. The number of benzene rings is 1. The van der Waals surface area contributed by atoms with Gasteiger partial charge in [-0.05, 0) is 36.4 Å². The van der Waals surface area contributed by atoms with Gasteiger partial charge in [-0.2, -0.15) is 11.8 Å². The molecule has 0 saturated carbocycles. The Kier molecular flexibility index (Phi) is 6.86. The van der Waals surface area contributed by atoms with Crippen LogP contribution in [0.5, 0.6) is 0 Å². The monoisotopic (exact) mass is 306 g/mol. The van der Waals surface area contributed by atoms with E-state index in [0.717, 1.165) is 5.75 Å². The third-order valence-corrected chi connectivity index (χ3v) is 4.25. The molecule has 100 valence electrons. The molecule has 3 nitrogen and oxygen atoms in total. The molecule has 6 heteroatoms. The van der Waals surface area contributed by atoms with Crippen LogP contribution in [0.3, 0.4) is 0 Å². The van der Waals surface area contributed by atoms with Crippen molar-refractivity contribution in [2.75, 3.05) is 23.4 Å². The summed E-state index contributed by atoms with van der Waals surface area (Å²) in [5.41, 5.74) is 6.16. The number of thioether (sulfide) groups is 1. The minimum atomic E-state index is -0.0531. The highest BCUT2D eigenvalue weighted by atomic mass is 35.5. The van der Waals surface area contributed by atoms with Gasteiger partial charge in [0.2, 0.25) is 5.91 Å². The largest absolute Gasteiger partial charge is 0.330 e. The molecular formula is C12H16Cl2N2OS. The van der Waals surface area contributed by atoms with Gasteiger partial charge in [-0.3, -0.25) is 4.79 Å². The van der Waals surface area contributed by atoms with Crippen LogP contribution >= 0.6 is 35.0 Å². The lowest BCUT2D eigenvalue weighted by Crippen LogP contribution is -2.17. The van der Waals surface area contributed by atoms with Gasteiger partial charge in [-0.1, -0.05) is 30.1 Å². The van der Waals surface area contributed by atoms with E-state index in [-0.39, 0.29) is 5.91 Å². The second kappa shape index (κ2) is 7.89. The SMILES string of the molecule is CC(CN)CSCC(=O)Nc1ccc(Cl)c(Cl)c1. The summed E-state index contributed by atoms with van der Waals surface area (Å²) in [4.78, 5) is 11.6. The maximum atomic E-state index is 11.6. The number of nitrogens with one attached hydrogen (secondary N) is 1. The smallest absolute Gasteiger partial charge is 0.234 e. The molecule has 0 radical (unpaired) electrons. The number of carbonyl (C=O) groups is 1. The molecule has 0 bridgehead atoms. The maximum absolute atomic E-state index is 11.6. The molecule has 1 atom stereocenters. The van der Waals surface area contributed by atoms with E-state index in [0.29, 0.717) is 33.9 Å². The van der Waals surface area contributed by atoms with Gasteiger partial charge in [-0.25, -0.2) is 0 Å². The van der Waals surface area contributed by atoms with Crippen LogP contribution < -0.4 is 11.1 Å². The minimum absolute atomic E-state index is 0.0531. The van der Waals surface area contributed by atoms with Crippen LogP contribution in [0.25, 0.3) is 0 Å². The van der Waals surface area contributed by atoms with Crippen LogP contribution in [0.1, 0.15) is 6.92 Å². The number of hydrogen-bond donors (Lipinski definition) is 2. The Labute approximate surface area is 121 Å². The van der Waals surface area contributed by atoms with Gasteiger partial charge in [0.25, 0.3) is 0 Å². The second-order valence-corrected chi connectivity index (χ2v) is 5.88. The van der Waals surface area contributed by atoms with Crippen molar-refractivity contribution in [3.05, 3.63) is 28.2 Å². The molecule has 1 unspecified atom stereocenters. The van der Waals surface area contributed by atoms with E-state index in [1.165, 1.54) is 0 Å². The summed E-state index contributed by atoms with van der Waals surface area (Å²) in [6, 6.07) is 5.01. The zero-order chi connectivity index (χ0) is 13.5. The Balaban J connectivity index is 2.38. The van der Waals surface area contributed by atoms with Gasteiger partial charge in [0.05, 0.1) is 15.8 Å². The van der Waals surface area contributed by atoms with Crippen molar-refractivity contribution in [2.24, 2.45) is 11.7 Å². The minimum Gasteiger partial charge on any atom is -0.330 e. The van der Waals surface area contributed by atoms with E-state index in [2.05, 4.69) is 12.2 Å². The van der Waals surface area contributed by atoms with Crippen molar-refractivity contribution in [1.29, 1.82) is 0 Å². The third-order valence-electron chi connectivity index (χ3n) is 2.24. The summed E-state index contributed by atoms with van der Waals surface area (Å²) >= 11 is 13.2. The van der Waals surface area contributed by atoms with E-state index in [1.807, 2.05) is 0 Å². The predicted molar refractivity (Wildman–Crippen MR) is 80.6 cm³/mol. The van der Waals surface area contributed by atoms with Crippen LogP contribution in [0, 0.1) is 5.92 Å². The molecule has 0 saturated heterocycles. The molecule has 3 N–H and O–H groups in total. The summed E-state index contributed by atoms with van der Waals surface area (Å²) in [7, 11) is 0. The van der Waals surface area contributed by atoms with E-state index in [9.17, 15) is 4.79 Å². The molecule has 1 rings (SSSR count). The van der Waals surface area contributed by atoms with Gasteiger partial charge in [0.15, 0.2) is 0 Å². The summed E-state index contributed by atoms with van der Waals surface area (Å²) in [5, 5.41) is 3.67. The highest BCUT2D eigenvalue weighted by molar-refractivity contribution is 7.99. The second-order valence-electron chi connectivity index (χ2n) is 4.03. The van der Waals surface area contributed by atoms with Crippen LogP contribution in [0.4, 0.5) is 5.69 Å². The van der Waals surface area contributed by atoms with Gasteiger partial charge in [0.1, 0.15) is 0 Å². The Morgan fingerprint density at radius 1 is 1.44 bits per heavy atom. The first-order valence-electron chi connectivity index (χ1n) is 5.55. The summed E-state index contributed by atoms with van der Waals surface area (Å²) in [6.07, 6.45) is 0. The lowest BCUT2D eigenvalue weighted by atomic mass is 10.2. The third kappa shape index (κ3) is 5.48. The summed E-state index contributed by atoms with van der Waals surface area (Å²) in [5.74, 6) is 1.66. The summed E-state index contributed by atoms with van der Waals surface area (Å²) in [6.45, 7) is 2.70. The highest BCUT2D eigenvalue weighted by Gasteiger charge is 2.06. The van der Waals surface area contributed by atoms with Crippen molar-refractivity contribution in [2.45, 2.75) is 6.92 Å². The molecule has 0 aliphatic heterocycles. The van der Waals surface area contributed by atoms with Crippen molar-refractivity contribution in [1.82, 2.24) is 0 Å². The van der Waals surface area contributed by atoms with Crippen LogP contribution in [0.15, 0.2) is 18.2 Å². The molecule has 0 spiro atoms. The molecule has 0 fully saturated rings. The molecule has 1 aromatic carbocycles. The Morgan fingerprint density at radius 3 is 2.78 bits per heavy atom. The van der Waals surface area contributed by atoms with Crippen molar-refractivity contribution >= 4 is 46.6 Å². The van der Waals surface area contributed by atoms with Gasteiger partial charge < -0.3 is 11.1 Å². The lowest BCUT2D eigenvalue weighted by Gasteiger charge is -2.08. The van der Waals surface area contributed by atoms with Crippen LogP contribution in [-0.2, 0) is 4.79 Å². The first-order valence-corrected chi connectivity index (χ1v) is 7.46. The number of nitrogens with two attached hydrogens (primary N) is 1. The molecule has 0 aromatic heterocycles. The Bertz CT molecular complexity index is 415. The fraction of sp³-hybridized carbons (Fsp3) is 0.417. The number of amides is 1. The molecule has 1 aromatic rings. The first-order chi connectivity index (χ1) is 8.52. The molecule has 18 heavy (non-hydrogen) atoms. The van der Waals surface area contributed by atoms with Crippen molar-refractivity contribution in [3.8, 4) is 0 Å². The van der Waals surface area contributed by atoms with E-state index in [1.54, 1.807) is 30.0 Å². The van der Waals surface area contributed by atoms with E-state index < -0.39 is 0 Å². The fourth-order valence-electron chi connectivity index (χ4n) is 1.19.